The lowest BCUT2D eigenvalue weighted by molar-refractivity contribution is 0.0834. The Bertz CT molecular complexity index is 493. The summed E-state index contributed by atoms with van der Waals surface area (Å²) in [6, 6.07) is 10.6. The number of hydrogen-bond acceptors (Lipinski definition) is 2. The number of nitrogens with two attached hydrogens (primary N) is 1. The smallest absolute Gasteiger partial charge is 0.134 e. The third-order valence-corrected chi connectivity index (χ3v) is 4.13. The van der Waals surface area contributed by atoms with E-state index >= 15 is 0 Å². The molecule has 0 bridgehead atoms. The average molecular weight is 215 g/mol. The number of rotatable bonds is 1. The summed E-state index contributed by atoms with van der Waals surface area (Å²) in [5, 5.41) is 1.19. The van der Waals surface area contributed by atoms with Crippen molar-refractivity contribution in [2.24, 2.45) is 11.1 Å². The Balaban J connectivity index is 2.02. The second-order valence-corrected chi connectivity index (χ2v) is 5.40. The van der Waals surface area contributed by atoms with E-state index < -0.39 is 0 Å². The number of hydrogen-bond donors (Lipinski definition) is 1. The van der Waals surface area contributed by atoms with Gasteiger partial charge in [0.05, 0.1) is 0 Å². The molecule has 1 aromatic heterocycles. The molecule has 2 heteroatoms. The molecule has 1 fully saturated rings. The Kier molecular flexibility index (Phi) is 1.93. The van der Waals surface area contributed by atoms with Crippen LogP contribution < -0.4 is 5.73 Å². The van der Waals surface area contributed by atoms with Crippen molar-refractivity contribution in [3.63, 3.8) is 0 Å². The van der Waals surface area contributed by atoms with Gasteiger partial charge in [0.2, 0.25) is 0 Å². The molecule has 2 unspecified atom stereocenters. The van der Waals surface area contributed by atoms with Crippen LogP contribution >= 0.6 is 0 Å². The van der Waals surface area contributed by atoms with Gasteiger partial charge >= 0.3 is 0 Å². The lowest BCUT2D eigenvalue weighted by Crippen LogP contribution is -2.52. The highest BCUT2D eigenvalue weighted by molar-refractivity contribution is 5.77. The molecule has 1 aliphatic carbocycles. The van der Waals surface area contributed by atoms with E-state index in [1.165, 1.54) is 5.39 Å². The molecule has 0 amide bonds. The maximum atomic E-state index is 6.04. The van der Waals surface area contributed by atoms with E-state index in [0.29, 0.717) is 12.0 Å². The Morgan fingerprint density at radius 1 is 1.31 bits per heavy atom. The van der Waals surface area contributed by atoms with Crippen molar-refractivity contribution < 1.29 is 4.42 Å². The molecule has 2 aromatic rings. The van der Waals surface area contributed by atoms with Crippen molar-refractivity contribution in [1.29, 1.82) is 0 Å². The Morgan fingerprint density at radius 3 is 2.69 bits per heavy atom. The largest absolute Gasteiger partial charge is 0.461 e. The number of furan rings is 1. The predicted molar refractivity (Wildman–Crippen MR) is 65.3 cm³/mol. The van der Waals surface area contributed by atoms with Crippen LogP contribution in [0, 0.1) is 5.41 Å². The molecule has 1 heterocycles. The summed E-state index contributed by atoms with van der Waals surface area (Å²) in [6.07, 6.45) is 1.03. The topological polar surface area (TPSA) is 39.2 Å². The molecule has 0 radical (unpaired) electrons. The van der Waals surface area contributed by atoms with E-state index in [2.05, 4.69) is 26.0 Å². The maximum absolute atomic E-state index is 6.04. The van der Waals surface area contributed by atoms with Gasteiger partial charge in [0.1, 0.15) is 11.3 Å². The SMILES string of the molecule is CC1(C)C(N)CC1c1cc2ccccc2o1. The second kappa shape index (κ2) is 3.11. The molecule has 1 saturated carbocycles. The van der Waals surface area contributed by atoms with E-state index in [-0.39, 0.29) is 5.41 Å². The first kappa shape index (κ1) is 9.91. The molecule has 2 atom stereocenters. The lowest BCUT2D eigenvalue weighted by atomic mass is 9.58. The molecule has 3 rings (SSSR count). The Labute approximate surface area is 95.4 Å². The van der Waals surface area contributed by atoms with Crippen molar-refractivity contribution in [2.75, 3.05) is 0 Å². The normalized spacial score (nSPS) is 27.9. The first-order chi connectivity index (χ1) is 7.59. The van der Waals surface area contributed by atoms with Crippen molar-refractivity contribution >= 4 is 11.0 Å². The molecule has 84 valence electrons. The average Bonchev–Trinajstić information content (AvgIpc) is 2.68. The van der Waals surface area contributed by atoms with Crippen molar-refractivity contribution in [1.82, 2.24) is 0 Å². The van der Waals surface area contributed by atoms with Crippen molar-refractivity contribution in [3.05, 3.63) is 36.1 Å². The summed E-state index contributed by atoms with van der Waals surface area (Å²) in [7, 11) is 0. The highest BCUT2D eigenvalue weighted by atomic mass is 16.3. The first-order valence-corrected chi connectivity index (χ1v) is 5.83. The zero-order chi connectivity index (χ0) is 11.3. The number of benzene rings is 1. The lowest BCUT2D eigenvalue weighted by Gasteiger charge is -2.49. The molecule has 0 spiro atoms. The summed E-state index contributed by atoms with van der Waals surface area (Å²) in [5.74, 6) is 1.56. The van der Waals surface area contributed by atoms with Gasteiger partial charge in [-0.1, -0.05) is 32.0 Å². The van der Waals surface area contributed by atoms with Crippen LogP contribution in [0.15, 0.2) is 34.7 Å². The van der Waals surface area contributed by atoms with Crippen LogP contribution in [0.3, 0.4) is 0 Å². The van der Waals surface area contributed by atoms with E-state index in [0.717, 1.165) is 17.8 Å². The van der Waals surface area contributed by atoms with Crippen LogP contribution in [-0.2, 0) is 0 Å². The third-order valence-electron chi connectivity index (χ3n) is 4.13. The number of para-hydroxylation sites is 1. The van der Waals surface area contributed by atoms with Gasteiger partial charge in [-0.2, -0.15) is 0 Å². The second-order valence-electron chi connectivity index (χ2n) is 5.40. The predicted octanol–water partition coefficient (Wildman–Crippen LogP) is 3.27. The zero-order valence-electron chi connectivity index (χ0n) is 9.73. The summed E-state index contributed by atoms with van der Waals surface area (Å²) >= 11 is 0. The molecule has 1 aromatic carbocycles. The standard InChI is InChI=1S/C14H17NO/c1-14(2)10(8-13(14)15)12-7-9-5-3-4-6-11(9)16-12/h3-7,10,13H,8,15H2,1-2H3. The summed E-state index contributed by atoms with van der Waals surface area (Å²) in [6.45, 7) is 4.44. The number of fused-ring (bicyclic) bond motifs is 1. The van der Waals surface area contributed by atoms with Gasteiger partial charge in [-0.15, -0.1) is 0 Å². The van der Waals surface area contributed by atoms with E-state index in [9.17, 15) is 0 Å². The molecule has 2 nitrogen and oxygen atoms in total. The Hall–Kier alpha value is -1.28. The van der Waals surface area contributed by atoms with Crippen LogP contribution in [0.2, 0.25) is 0 Å². The fourth-order valence-electron chi connectivity index (χ4n) is 2.62. The molecule has 2 N–H and O–H groups in total. The van der Waals surface area contributed by atoms with E-state index in [1.807, 2.05) is 18.2 Å². The van der Waals surface area contributed by atoms with Gasteiger partial charge in [0, 0.05) is 17.3 Å². The minimum atomic E-state index is 0.161. The molecule has 16 heavy (non-hydrogen) atoms. The minimum absolute atomic E-state index is 0.161. The van der Waals surface area contributed by atoms with Gasteiger partial charge in [0.15, 0.2) is 0 Å². The van der Waals surface area contributed by atoms with Crippen molar-refractivity contribution in [3.8, 4) is 0 Å². The fraction of sp³-hybridized carbons (Fsp3) is 0.429. The molecule has 0 saturated heterocycles. The summed E-state index contributed by atoms with van der Waals surface area (Å²) in [5.41, 5.74) is 7.18. The quantitative estimate of drug-likeness (QED) is 0.793. The van der Waals surface area contributed by atoms with E-state index in [4.69, 9.17) is 10.2 Å². The van der Waals surface area contributed by atoms with Crippen LogP contribution in [0.1, 0.15) is 31.9 Å². The highest BCUT2D eigenvalue weighted by Crippen LogP contribution is 2.52. The van der Waals surface area contributed by atoms with Crippen LogP contribution in [0.4, 0.5) is 0 Å². The van der Waals surface area contributed by atoms with Gasteiger partial charge < -0.3 is 10.2 Å². The van der Waals surface area contributed by atoms with Crippen LogP contribution in [-0.4, -0.2) is 6.04 Å². The monoisotopic (exact) mass is 215 g/mol. The molecular formula is C14H17NO. The fourth-order valence-corrected chi connectivity index (χ4v) is 2.62. The van der Waals surface area contributed by atoms with Crippen LogP contribution in [0.25, 0.3) is 11.0 Å². The van der Waals surface area contributed by atoms with Gasteiger partial charge in [-0.3, -0.25) is 0 Å². The first-order valence-electron chi connectivity index (χ1n) is 5.83. The maximum Gasteiger partial charge on any atom is 0.134 e. The van der Waals surface area contributed by atoms with Gasteiger partial charge in [0.25, 0.3) is 0 Å². The zero-order valence-corrected chi connectivity index (χ0v) is 9.73. The summed E-state index contributed by atoms with van der Waals surface area (Å²) in [4.78, 5) is 0. The van der Waals surface area contributed by atoms with Gasteiger partial charge in [-0.25, -0.2) is 0 Å². The molecular weight excluding hydrogens is 198 g/mol. The minimum Gasteiger partial charge on any atom is -0.461 e. The summed E-state index contributed by atoms with van der Waals surface area (Å²) < 4.78 is 5.90. The Morgan fingerprint density at radius 2 is 2.06 bits per heavy atom. The third kappa shape index (κ3) is 1.23. The van der Waals surface area contributed by atoms with E-state index in [1.54, 1.807) is 0 Å². The highest BCUT2D eigenvalue weighted by Gasteiger charge is 2.48. The van der Waals surface area contributed by atoms with Gasteiger partial charge in [-0.05, 0) is 24.0 Å². The van der Waals surface area contributed by atoms with Crippen LogP contribution in [0.5, 0.6) is 0 Å². The van der Waals surface area contributed by atoms with Crippen molar-refractivity contribution in [2.45, 2.75) is 32.2 Å². The molecule has 1 aliphatic rings. The molecule has 0 aliphatic heterocycles.